The Labute approximate surface area is 106 Å². The van der Waals surface area contributed by atoms with Gasteiger partial charge in [-0.15, -0.1) is 0 Å². The molecule has 0 spiro atoms. The predicted molar refractivity (Wildman–Crippen MR) is 65.0 cm³/mol. The van der Waals surface area contributed by atoms with Crippen molar-refractivity contribution in [2.24, 2.45) is 0 Å². The minimum Gasteiger partial charge on any atom is -0.317 e. The summed E-state index contributed by atoms with van der Waals surface area (Å²) in [6.07, 6.45) is 2.74. The Hall–Kier alpha value is -1.05. The zero-order chi connectivity index (χ0) is 13.2. The molecule has 0 bridgehead atoms. The third-order valence-corrected chi connectivity index (χ3v) is 5.02. The van der Waals surface area contributed by atoms with E-state index in [-0.39, 0.29) is 6.04 Å². The van der Waals surface area contributed by atoms with E-state index in [4.69, 9.17) is 0 Å². The molecule has 1 N–H and O–H groups in total. The fraction of sp³-hybridized carbons (Fsp3) is 0.545. The fourth-order valence-electron chi connectivity index (χ4n) is 2.06. The average Bonchev–Trinajstić information content (AvgIpc) is 2.39. The lowest BCUT2D eigenvalue weighted by molar-refractivity contribution is 0.294. The number of pyridine rings is 1. The van der Waals surface area contributed by atoms with Crippen LogP contribution in [0.3, 0.4) is 0 Å². The van der Waals surface area contributed by atoms with Crippen molar-refractivity contribution in [1.82, 2.24) is 14.6 Å². The zero-order valence-corrected chi connectivity index (χ0v) is 11.0. The number of aromatic nitrogens is 1. The number of nitrogens with one attached hydrogen (secondary N) is 1. The van der Waals surface area contributed by atoms with Crippen LogP contribution in [-0.4, -0.2) is 43.9 Å². The SMILES string of the molecule is CN(C1CCNCC1)S(=O)(=O)c1ncccc1F. The first-order valence-corrected chi connectivity index (χ1v) is 7.27. The van der Waals surface area contributed by atoms with Gasteiger partial charge in [-0.1, -0.05) is 0 Å². The van der Waals surface area contributed by atoms with Gasteiger partial charge in [0.25, 0.3) is 10.0 Å². The molecular formula is C11H16FN3O2S. The molecule has 18 heavy (non-hydrogen) atoms. The minimum atomic E-state index is -3.85. The van der Waals surface area contributed by atoms with Gasteiger partial charge in [0, 0.05) is 19.3 Å². The number of halogens is 1. The van der Waals surface area contributed by atoms with Gasteiger partial charge in [0.05, 0.1) is 0 Å². The summed E-state index contributed by atoms with van der Waals surface area (Å²) in [5, 5.41) is 2.67. The van der Waals surface area contributed by atoms with Crippen LogP contribution in [0.4, 0.5) is 4.39 Å². The van der Waals surface area contributed by atoms with Crippen LogP contribution in [0, 0.1) is 5.82 Å². The molecule has 0 unspecified atom stereocenters. The Morgan fingerprint density at radius 2 is 2.11 bits per heavy atom. The second kappa shape index (κ2) is 5.29. The highest BCUT2D eigenvalue weighted by Crippen LogP contribution is 2.20. The van der Waals surface area contributed by atoms with E-state index in [9.17, 15) is 12.8 Å². The van der Waals surface area contributed by atoms with Gasteiger partial charge in [-0.25, -0.2) is 17.8 Å². The number of sulfonamides is 1. The van der Waals surface area contributed by atoms with Crippen LogP contribution in [0.5, 0.6) is 0 Å². The maximum absolute atomic E-state index is 13.5. The topological polar surface area (TPSA) is 62.3 Å². The van der Waals surface area contributed by atoms with Crippen molar-refractivity contribution in [2.45, 2.75) is 23.9 Å². The molecule has 1 saturated heterocycles. The average molecular weight is 273 g/mol. The third-order valence-electron chi connectivity index (χ3n) is 3.17. The van der Waals surface area contributed by atoms with Crippen LogP contribution in [0.2, 0.25) is 0 Å². The monoisotopic (exact) mass is 273 g/mol. The van der Waals surface area contributed by atoms with Crippen molar-refractivity contribution in [2.75, 3.05) is 20.1 Å². The molecule has 100 valence electrons. The van der Waals surface area contributed by atoms with Gasteiger partial charge in [-0.05, 0) is 38.1 Å². The Morgan fingerprint density at radius 3 is 2.72 bits per heavy atom. The Bertz CT molecular complexity index is 515. The van der Waals surface area contributed by atoms with Gasteiger partial charge < -0.3 is 5.32 Å². The number of rotatable bonds is 3. The molecule has 1 aliphatic heterocycles. The summed E-state index contributed by atoms with van der Waals surface area (Å²) in [5.74, 6) is -0.807. The minimum absolute atomic E-state index is 0.0994. The molecule has 1 aromatic rings. The van der Waals surface area contributed by atoms with Gasteiger partial charge in [0.15, 0.2) is 5.82 Å². The van der Waals surface area contributed by atoms with Crippen LogP contribution >= 0.6 is 0 Å². The fourth-order valence-corrected chi connectivity index (χ4v) is 3.45. The van der Waals surface area contributed by atoms with Gasteiger partial charge >= 0.3 is 0 Å². The summed E-state index contributed by atoms with van der Waals surface area (Å²) in [5.41, 5.74) is 0. The molecule has 2 heterocycles. The third kappa shape index (κ3) is 2.52. The van der Waals surface area contributed by atoms with E-state index in [1.54, 1.807) is 0 Å². The second-order valence-corrected chi connectivity index (χ2v) is 6.21. The maximum Gasteiger partial charge on any atom is 0.263 e. The lowest BCUT2D eigenvalue weighted by atomic mass is 10.1. The number of hydrogen-bond acceptors (Lipinski definition) is 4. The van der Waals surface area contributed by atoms with E-state index in [2.05, 4.69) is 10.3 Å². The summed E-state index contributed by atoms with van der Waals surface area (Å²) >= 11 is 0. The molecular weight excluding hydrogens is 257 g/mol. The lowest BCUT2D eigenvalue weighted by Gasteiger charge is -2.30. The second-order valence-electron chi connectivity index (χ2n) is 4.29. The standard InChI is InChI=1S/C11H16FN3O2S/c1-15(9-4-7-13-8-5-9)18(16,17)11-10(12)3-2-6-14-11/h2-3,6,9,13H,4-5,7-8H2,1H3. The summed E-state index contributed by atoms with van der Waals surface area (Å²) in [7, 11) is -2.36. The molecule has 0 aliphatic carbocycles. The summed E-state index contributed by atoms with van der Waals surface area (Å²) in [4.78, 5) is 3.65. The van der Waals surface area contributed by atoms with Crippen LogP contribution in [-0.2, 0) is 10.0 Å². The van der Waals surface area contributed by atoms with E-state index >= 15 is 0 Å². The smallest absolute Gasteiger partial charge is 0.263 e. The summed E-state index contributed by atoms with van der Waals surface area (Å²) < 4.78 is 39.3. The molecule has 0 radical (unpaired) electrons. The Balaban J connectivity index is 2.28. The van der Waals surface area contributed by atoms with Crippen LogP contribution in [0.15, 0.2) is 23.4 Å². The van der Waals surface area contributed by atoms with E-state index in [0.29, 0.717) is 0 Å². The number of nitrogens with zero attached hydrogens (tertiary/aromatic N) is 2. The number of hydrogen-bond donors (Lipinski definition) is 1. The molecule has 5 nitrogen and oxygen atoms in total. The highest BCUT2D eigenvalue weighted by Gasteiger charge is 2.31. The molecule has 0 saturated carbocycles. The van der Waals surface area contributed by atoms with Crippen LogP contribution < -0.4 is 5.32 Å². The van der Waals surface area contributed by atoms with Gasteiger partial charge in [-0.3, -0.25) is 0 Å². The van der Waals surface area contributed by atoms with Crippen LogP contribution in [0.1, 0.15) is 12.8 Å². The van der Waals surface area contributed by atoms with Crippen molar-refractivity contribution >= 4 is 10.0 Å². The Kier molecular flexibility index (Phi) is 3.94. The first-order chi connectivity index (χ1) is 8.53. The predicted octanol–water partition coefficient (Wildman–Crippen LogP) is 0.593. The summed E-state index contributed by atoms with van der Waals surface area (Å²) in [6, 6.07) is 2.38. The van der Waals surface area contributed by atoms with E-state index in [1.165, 1.54) is 23.6 Å². The normalized spacial score (nSPS) is 18.2. The van der Waals surface area contributed by atoms with Gasteiger partial charge in [-0.2, -0.15) is 4.31 Å². The largest absolute Gasteiger partial charge is 0.317 e. The highest BCUT2D eigenvalue weighted by atomic mass is 32.2. The quantitative estimate of drug-likeness (QED) is 0.875. The van der Waals surface area contributed by atoms with Gasteiger partial charge in [0.1, 0.15) is 0 Å². The number of piperidine rings is 1. The molecule has 2 rings (SSSR count). The van der Waals surface area contributed by atoms with Crippen molar-refractivity contribution in [3.05, 3.63) is 24.1 Å². The Morgan fingerprint density at radius 1 is 1.44 bits per heavy atom. The molecule has 0 aromatic carbocycles. The summed E-state index contributed by atoms with van der Waals surface area (Å²) in [6.45, 7) is 1.55. The van der Waals surface area contributed by atoms with Crippen molar-refractivity contribution < 1.29 is 12.8 Å². The van der Waals surface area contributed by atoms with Gasteiger partial charge in [0.2, 0.25) is 5.03 Å². The van der Waals surface area contributed by atoms with E-state index in [0.717, 1.165) is 32.0 Å². The molecule has 0 atom stereocenters. The first kappa shape index (κ1) is 13.4. The molecule has 7 heteroatoms. The zero-order valence-electron chi connectivity index (χ0n) is 10.1. The van der Waals surface area contributed by atoms with E-state index < -0.39 is 20.9 Å². The molecule has 1 fully saturated rings. The van der Waals surface area contributed by atoms with Crippen molar-refractivity contribution in [3.63, 3.8) is 0 Å². The first-order valence-electron chi connectivity index (χ1n) is 5.83. The van der Waals surface area contributed by atoms with Crippen molar-refractivity contribution in [3.8, 4) is 0 Å². The van der Waals surface area contributed by atoms with Crippen molar-refractivity contribution in [1.29, 1.82) is 0 Å². The van der Waals surface area contributed by atoms with E-state index in [1.807, 2.05) is 0 Å². The highest BCUT2D eigenvalue weighted by molar-refractivity contribution is 7.89. The lowest BCUT2D eigenvalue weighted by Crippen LogP contribution is -2.44. The van der Waals surface area contributed by atoms with Crippen LogP contribution in [0.25, 0.3) is 0 Å². The molecule has 1 aromatic heterocycles. The maximum atomic E-state index is 13.5. The molecule has 1 aliphatic rings. The molecule has 0 amide bonds.